The first-order valence-electron chi connectivity index (χ1n) is 10.0. The first-order valence-corrected chi connectivity index (χ1v) is 11.8. The number of nitrogens with one attached hydrogen (secondary N) is 2. The van der Waals surface area contributed by atoms with Gasteiger partial charge in [0.25, 0.3) is 0 Å². The number of nitrogens with zero attached hydrogens (tertiary/aromatic N) is 2. The zero-order chi connectivity index (χ0) is 22.3. The second-order valence-corrected chi connectivity index (χ2v) is 9.07. The summed E-state index contributed by atoms with van der Waals surface area (Å²) >= 11 is 2.93. The molecule has 0 spiro atoms. The van der Waals surface area contributed by atoms with Crippen molar-refractivity contribution in [3.63, 3.8) is 0 Å². The van der Waals surface area contributed by atoms with Crippen LogP contribution >= 0.6 is 22.7 Å². The van der Waals surface area contributed by atoms with Gasteiger partial charge < -0.3 is 15.4 Å². The average molecular weight is 465 g/mol. The number of anilines is 1. The summed E-state index contributed by atoms with van der Waals surface area (Å²) in [6, 6.07) is 7.83. The van der Waals surface area contributed by atoms with E-state index in [1.165, 1.54) is 17.4 Å². The maximum atomic E-state index is 12.3. The summed E-state index contributed by atoms with van der Waals surface area (Å²) in [5, 5.41) is 19.6. The molecule has 0 aliphatic heterocycles. The summed E-state index contributed by atoms with van der Waals surface area (Å²) in [5.41, 5.74) is 3.28. The SMILES string of the molecule is N#Cc1c(NC(=O)C=Cc2ccsc2)sc2c1CCC(OC(=O)NCc1cccnc1)C2. The quantitative estimate of drug-likeness (QED) is 0.522. The highest BCUT2D eigenvalue weighted by Crippen LogP contribution is 2.38. The smallest absolute Gasteiger partial charge is 0.407 e. The number of hydrogen-bond acceptors (Lipinski definition) is 7. The Hall–Kier alpha value is -3.48. The highest BCUT2D eigenvalue weighted by molar-refractivity contribution is 7.16. The van der Waals surface area contributed by atoms with E-state index in [2.05, 4.69) is 21.7 Å². The van der Waals surface area contributed by atoms with E-state index < -0.39 is 6.09 Å². The van der Waals surface area contributed by atoms with Gasteiger partial charge in [0.15, 0.2) is 0 Å². The average Bonchev–Trinajstić information content (AvgIpc) is 3.44. The largest absolute Gasteiger partial charge is 0.446 e. The molecule has 32 heavy (non-hydrogen) atoms. The van der Waals surface area contributed by atoms with Crippen molar-refractivity contribution in [3.8, 4) is 6.07 Å². The third kappa shape index (κ3) is 5.41. The van der Waals surface area contributed by atoms with Crippen LogP contribution in [-0.2, 0) is 28.9 Å². The molecule has 1 atom stereocenters. The second-order valence-electron chi connectivity index (χ2n) is 7.18. The molecule has 0 radical (unpaired) electrons. The molecule has 3 aromatic heterocycles. The van der Waals surface area contributed by atoms with Crippen LogP contribution in [0.1, 0.15) is 33.6 Å². The first kappa shape index (κ1) is 21.7. The normalized spacial score (nSPS) is 15.0. The number of carbonyl (C=O) groups is 2. The van der Waals surface area contributed by atoms with Crippen LogP contribution in [0, 0.1) is 11.3 Å². The van der Waals surface area contributed by atoms with E-state index in [1.807, 2.05) is 29.0 Å². The maximum absolute atomic E-state index is 12.3. The topological polar surface area (TPSA) is 104 Å². The number of aromatic nitrogens is 1. The standard InChI is InChI=1S/C23H20N4O3S2/c24-11-19-18-5-4-17(30-23(29)26-13-16-2-1-8-25-12-16)10-20(18)32-22(19)27-21(28)6-3-15-7-9-31-14-15/h1-3,6-9,12,14,17H,4-5,10,13H2,(H,26,29)(H,27,28). The fourth-order valence-electron chi connectivity index (χ4n) is 3.43. The van der Waals surface area contributed by atoms with Gasteiger partial charge in [0.2, 0.25) is 5.91 Å². The Morgan fingerprint density at radius 3 is 3.03 bits per heavy atom. The second kappa shape index (κ2) is 10.2. The van der Waals surface area contributed by atoms with Gasteiger partial charge in [-0.15, -0.1) is 11.3 Å². The van der Waals surface area contributed by atoms with Gasteiger partial charge in [-0.2, -0.15) is 16.6 Å². The van der Waals surface area contributed by atoms with Crippen molar-refractivity contribution in [2.75, 3.05) is 5.32 Å². The molecular formula is C23H20N4O3S2. The number of rotatable bonds is 6. The van der Waals surface area contributed by atoms with E-state index >= 15 is 0 Å². The summed E-state index contributed by atoms with van der Waals surface area (Å²) in [6.07, 6.45) is 7.58. The number of thiophene rings is 2. The molecule has 9 heteroatoms. The van der Waals surface area contributed by atoms with Gasteiger partial charge in [0.1, 0.15) is 17.2 Å². The lowest BCUT2D eigenvalue weighted by atomic mass is 9.94. The lowest BCUT2D eigenvalue weighted by molar-refractivity contribution is -0.111. The van der Waals surface area contributed by atoms with Gasteiger partial charge in [0, 0.05) is 36.3 Å². The number of fused-ring (bicyclic) bond motifs is 1. The van der Waals surface area contributed by atoms with Gasteiger partial charge >= 0.3 is 6.09 Å². The van der Waals surface area contributed by atoms with Crippen LogP contribution in [0.15, 0.2) is 47.4 Å². The Bertz CT molecular complexity index is 1160. The van der Waals surface area contributed by atoms with Crippen LogP contribution in [-0.4, -0.2) is 23.1 Å². The fraction of sp³-hybridized carbons (Fsp3) is 0.217. The zero-order valence-corrected chi connectivity index (χ0v) is 18.7. The third-order valence-corrected chi connectivity index (χ3v) is 6.84. The Kier molecular flexibility index (Phi) is 6.94. The zero-order valence-electron chi connectivity index (χ0n) is 17.0. The highest BCUT2D eigenvalue weighted by atomic mass is 32.1. The number of ether oxygens (including phenoxy) is 1. The fourth-order valence-corrected chi connectivity index (χ4v) is 5.32. The molecule has 2 amide bonds. The number of carbonyl (C=O) groups excluding carboxylic acids is 2. The van der Waals surface area contributed by atoms with Crippen molar-refractivity contribution in [2.45, 2.75) is 31.9 Å². The van der Waals surface area contributed by atoms with Crippen molar-refractivity contribution in [3.05, 3.63) is 74.6 Å². The Labute approximate surface area is 193 Å². The van der Waals surface area contributed by atoms with E-state index in [4.69, 9.17) is 4.74 Å². The van der Waals surface area contributed by atoms with Crippen molar-refractivity contribution in [2.24, 2.45) is 0 Å². The van der Waals surface area contributed by atoms with Crippen molar-refractivity contribution in [1.82, 2.24) is 10.3 Å². The maximum Gasteiger partial charge on any atom is 0.407 e. The van der Waals surface area contributed by atoms with E-state index in [1.54, 1.807) is 29.8 Å². The van der Waals surface area contributed by atoms with E-state index in [0.717, 1.165) is 21.6 Å². The third-order valence-electron chi connectivity index (χ3n) is 4.97. The summed E-state index contributed by atoms with van der Waals surface area (Å²) < 4.78 is 5.57. The predicted molar refractivity (Wildman–Crippen MR) is 124 cm³/mol. The molecule has 4 rings (SSSR count). The van der Waals surface area contributed by atoms with Crippen molar-refractivity contribution in [1.29, 1.82) is 5.26 Å². The minimum absolute atomic E-state index is 0.274. The summed E-state index contributed by atoms with van der Waals surface area (Å²) in [4.78, 5) is 29.5. The van der Waals surface area contributed by atoms with Gasteiger partial charge in [-0.1, -0.05) is 6.07 Å². The van der Waals surface area contributed by atoms with E-state index in [0.29, 0.717) is 36.4 Å². The number of hydrogen-bond donors (Lipinski definition) is 2. The van der Waals surface area contributed by atoms with E-state index in [-0.39, 0.29) is 12.0 Å². The Morgan fingerprint density at radius 2 is 2.28 bits per heavy atom. The van der Waals surface area contributed by atoms with Crippen LogP contribution in [0.5, 0.6) is 0 Å². The van der Waals surface area contributed by atoms with Gasteiger partial charge in [-0.05, 0) is 58.5 Å². The molecule has 0 fully saturated rings. The summed E-state index contributed by atoms with van der Waals surface area (Å²) in [7, 11) is 0. The number of nitriles is 1. The summed E-state index contributed by atoms with van der Waals surface area (Å²) in [6.45, 7) is 0.345. The molecule has 0 saturated heterocycles. The Balaban J connectivity index is 1.36. The van der Waals surface area contributed by atoms with Gasteiger partial charge in [0.05, 0.1) is 5.56 Å². The predicted octanol–water partition coefficient (Wildman–Crippen LogP) is 4.51. The summed E-state index contributed by atoms with van der Waals surface area (Å²) in [5.74, 6) is -0.283. The molecule has 0 saturated carbocycles. The molecule has 0 bridgehead atoms. The molecule has 1 aliphatic rings. The molecule has 1 unspecified atom stereocenters. The van der Waals surface area contributed by atoms with Crippen LogP contribution in [0.25, 0.3) is 6.08 Å². The highest BCUT2D eigenvalue weighted by Gasteiger charge is 2.28. The van der Waals surface area contributed by atoms with Crippen molar-refractivity contribution < 1.29 is 14.3 Å². The molecule has 2 N–H and O–H groups in total. The lowest BCUT2D eigenvalue weighted by Gasteiger charge is -2.22. The molecule has 3 heterocycles. The number of alkyl carbamates (subject to hydrolysis) is 1. The van der Waals surface area contributed by atoms with Crippen LogP contribution in [0.2, 0.25) is 0 Å². The van der Waals surface area contributed by atoms with Crippen LogP contribution < -0.4 is 10.6 Å². The Morgan fingerprint density at radius 1 is 1.38 bits per heavy atom. The monoisotopic (exact) mass is 464 g/mol. The minimum Gasteiger partial charge on any atom is -0.446 e. The van der Waals surface area contributed by atoms with Crippen LogP contribution in [0.3, 0.4) is 0 Å². The molecule has 3 aromatic rings. The lowest BCUT2D eigenvalue weighted by Crippen LogP contribution is -2.31. The molecular weight excluding hydrogens is 444 g/mol. The van der Waals surface area contributed by atoms with E-state index in [9.17, 15) is 14.9 Å². The first-order chi connectivity index (χ1) is 15.6. The van der Waals surface area contributed by atoms with Gasteiger partial charge in [-0.3, -0.25) is 9.78 Å². The number of pyridine rings is 1. The van der Waals surface area contributed by atoms with Crippen molar-refractivity contribution >= 4 is 45.8 Å². The molecule has 162 valence electrons. The number of amides is 2. The van der Waals surface area contributed by atoms with Gasteiger partial charge in [-0.25, -0.2) is 4.79 Å². The molecule has 0 aromatic carbocycles. The molecule has 7 nitrogen and oxygen atoms in total. The molecule has 1 aliphatic carbocycles. The minimum atomic E-state index is -0.480. The van der Waals surface area contributed by atoms with Crippen LogP contribution in [0.4, 0.5) is 9.80 Å².